The first-order valence-electron chi connectivity index (χ1n) is 2.47. The lowest BCUT2D eigenvalue weighted by molar-refractivity contribution is 0.562. The summed E-state index contributed by atoms with van der Waals surface area (Å²) < 4.78 is 0. The van der Waals surface area contributed by atoms with Crippen molar-refractivity contribution in [2.24, 2.45) is 0 Å². The Balaban J connectivity index is 3.32. The van der Waals surface area contributed by atoms with Crippen molar-refractivity contribution in [3.8, 4) is 0 Å². The highest BCUT2D eigenvalue weighted by Crippen LogP contribution is 1.96. The Morgan fingerprint density at radius 2 is 2.40 bits per heavy atom. The molecule has 0 spiro atoms. The molecule has 0 unspecified atom stereocenters. The van der Waals surface area contributed by atoms with Gasteiger partial charge >= 0.3 is 5.69 Å². The molecule has 1 heterocycles. The molecule has 51 valence electrons. The van der Waals surface area contributed by atoms with Gasteiger partial charge in [-0.2, -0.15) is 4.98 Å². The Kier molecular flexibility index (Phi) is 1.49. The fourth-order valence-corrected chi connectivity index (χ4v) is 0.491. The second-order valence-electron chi connectivity index (χ2n) is 1.61. The maximum Gasteiger partial charge on any atom is 0.346 e. The molecular weight excluding hydrogens is 134 g/mol. The van der Waals surface area contributed by atoms with Crippen LogP contribution in [0.15, 0.2) is 11.0 Å². The van der Waals surface area contributed by atoms with Gasteiger partial charge in [0.25, 0.3) is 0 Å². The van der Waals surface area contributed by atoms with E-state index in [0.29, 0.717) is 0 Å². The van der Waals surface area contributed by atoms with Gasteiger partial charge in [0.1, 0.15) is 5.82 Å². The average molecular weight is 138 g/mol. The van der Waals surface area contributed by atoms with Crippen molar-refractivity contribution < 1.29 is 4.79 Å². The molecule has 0 saturated heterocycles. The van der Waals surface area contributed by atoms with Crippen molar-refractivity contribution in [1.82, 2.24) is 9.97 Å². The Bertz CT molecular complexity index is 304. The number of anilines is 1. The molecule has 3 N–H and O–H groups in total. The molecule has 1 aromatic rings. The zero-order chi connectivity index (χ0) is 7.56. The normalized spacial score (nSPS) is 9.20. The average Bonchev–Trinajstić information content (AvgIpc) is 1.88. The third kappa shape index (κ3) is 1.02. The van der Waals surface area contributed by atoms with Crippen LogP contribution in [0, 0.1) is 0 Å². The topological polar surface area (TPSA) is 88.8 Å². The molecule has 0 fully saturated rings. The number of nitrogens with one attached hydrogen (secondary N) is 1. The highest BCUT2D eigenvalue weighted by Gasteiger charge is 1.98. The predicted molar refractivity (Wildman–Crippen MR) is 34.1 cm³/mol. The van der Waals surface area contributed by atoms with Crippen LogP contribution in [0.2, 0.25) is 0 Å². The van der Waals surface area contributed by atoms with E-state index in [0.717, 1.165) is 6.20 Å². The standard InChI is InChI=1S/C5H4N3O2/c6-4-3(2-9)1-7-5(10)8-4/h1H,(H3,6,7,8,10). The minimum absolute atomic E-state index is 0.0691. The van der Waals surface area contributed by atoms with E-state index in [4.69, 9.17) is 5.73 Å². The van der Waals surface area contributed by atoms with Gasteiger partial charge in [-0.15, -0.1) is 0 Å². The van der Waals surface area contributed by atoms with Gasteiger partial charge in [0.05, 0.1) is 5.56 Å². The minimum Gasteiger partial charge on any atom is -0.383 e. The van der Waals surface area contributed by atoms with Gasteiger partial charge in [-0.25, -0.2) is 4.79 Å². The summed E-state index contributed by atoms with van der Waals surface area (Å²) in [6, 6.07) is 0. The van der Waals surface area contributed by atoms with Crippen LogP contribution in [0.25, 0.3) is 0 Å². The first kappa shape index (κ1) is 6.47. The van der Waals surface area contributed by atoms with Gasteiger partial charge < -0.3 is 10.7 Å². The van der Waals surface area contributed by atoms with Gasteiger partial charge in [0.2, 0.25) is 6.29 Å². The van der Waals surface area contributed by atoms with Crippen LogP contribution in [-0.4, -0.2) is 16.3 Å². The molecule has 0 saturated carbocycles. The molecule has 0 atom stereocenters. The van der Waals surface area contributed by atoms with Crippen LogP contribution >= 0.6 is 0 Å². The first-order valence-corrected chi connectivity index (χ1v) is 2.47. The lowest BCUT2D eigenvalue weighted by atomic mass is 10.3. The molecule has 0 aliphatic rings. The third-order valence-electron chi connectivity index (χ3n) is 0.948. The number of nitrogens with two attached hydrogens (primary N) is 1. The second-order valence-corrected chi connectivity index (χ2v) is 1.61. The van der Waals surface area contributed by atoms with E-state index in [9.17, 15) is 9.59 Å². The van der Waals surface area contributed by atoms with E-state index in [1.807, 2.05) is 0 Å². The maximum absolute atomic E-state index is 10.4. The van der Waals surface area contributed by atoms with Gasteiger partial charge in [-0.3, -0.25) is 4.79 Å². The lowest BCUT2D eigenvalue weighted by Crippen LogP contribution is -2.13. The smallest absolute Gasteiger partial charge is 0.346 e. The molecule has 1 rings (SSSR count). The number of nitrogens with zero attached hydrogens (tertiary/aromatic N) is 1. The van der Waals surface area contributed by atoms with E-state index >= 15 is 0 Å². The maximum atomic E-state index is 10.4. The molecule has 0 bridgehead atoms. The Morgan fingerprint density at radius 3 is 2.90 bits per heavy atom. The summed E-state index contributed by atoms with van der Waals surface area (Å²) in [5.74, 6) is -0.0984. The number of aromatic amines is 1. The molecule has 1 aromatic heterocycles. The van der Waals surface area contributed by atoms with Crippen LogP contribution < -0.4 is 11.4 Å². The summed E-state index contributed by atoms with van der Waals surface area (Å²) in [7, 11) is 0. The van der Waals surface area contributed by atoms with Gasteiger partial charge in [-0.05, 0) is 0 Å². The fourth-order valence-electron chi connectivity index (χ4n) is 0.491. The predicted octanol–water partition coefficient (Wildman–Crippen LogP) is -1.19. The second kappa shape index (κ2) is 2.30. The van der Waals surface area contributed by atoms with Crippen LogP contribution in [-0.2, 0) is 4.79 Å². The minimum atomic E-state index is -0.573. The van der Waals surface area contributed by atoms with Crippen LogP contribution in [0.1, 0.15) is 5.56 Å². The van der Waals surface area contributed by atoms with Crippen LogP contribution in [0.3, 0.4) is 0 Å². The molecular formula is C5H4N3O2. The monoisotopic (exact) mass is 138 g/mol. The summed E-state index contributed by atoms with van der Waals surface area (Å²) >= 11 is 0. The highest BCUT2D eigenvalue weighted by molar-refractivity contribution is 5.80. The molecule has 5 nitrogen and oxygen atoms in total. The number of nitrogen functional groups attached to an aromatic ring is 1. The van der Waals surface area contributed by atoms with Crippen molar-refractivity contribution in [2.45, 2.75) is 0 Å². The van der Waals surface area contributed by atoms with Crippen molar-refractivity contribution in [3.63, 3.8) is 0 Å². The molecule has 10 heavy (non-hydrogen) atoms. The third-order valence-corrected chi connectivity index (χ3v) is 0.948. The number of hydrogen-bond acceptors (Lipinski definition) is 4. The van der Waals surface area contributed by atoms with E-state index in [1.54, 1.807) is 0 Å². The number of hydrogen-bond donors (Lipinski definition) is 2. The molecule has 5 heteroatoms. The number of H-pyrrole nitrogens is 1. The fraction of sp³-hybridized carbons (Fsp3) is 0. The largest absolute Gasteiger partial charge is 0.383 e. The highest BCUT2D eigenvalue weighted by atomic mass is 16.1. The molecule has 0 aromatic carbocycles. The van der Waals surface area contributed by atoms with Gasteiger partial charge in [0, 0.05) is 6.20 Å². The number of carbonyl (C=O) groups excluding carboxylic acids is 1. The van der Waals surface area contributed by atoms with Crippen molar-refractivity contribution >= 4 is 12.1 Å². The zero-order valence-corrected chi connectivity index (χ0v) is 4.92. The lowest BCUT2D eigenvalue weighted by Gasteiger charge is -1.90. The summed E-state index contributed by atoms with van der Waals surface area (Å²) in [5.41, 5.74) is 4.63. The Morgan fingerprint density at radius 1 is 1.70 bits per heavy atom. The SMILES string of the molecule is Nc1nc(=O)[nH]cc1[C]=O. The van der Waals surface area contributed by atoms with E-state index in [1.165, 1.54) is 6.29 Å². The van der Waals surface area contributed by atoms with Gasteiger partial charge in [0.15, 0.2) is 0 Å². The van der Waals surface area contributed by atoms with Crippen molar-refractivity contribution in [2.75, 3.05) is 5.73 Å². The van der Waals surface area contributed by atoms with E-state index in [2.05, 4.69) is 9.97 Å². The molecule has 0 aliphatic heterocycles. The summed E-state index contributed by atoms with van der Waals surface area (Å²) in [5, 5.41) is 0. The summed E-state index contributed by atoms with van der Waals surface area (Å²) in [6.07, 6.45) is 2.68. The first-order chi connectivity index (χ1) is 4.74. The van der Waals surface area contributed by atoms with Crippen molar-refractivity contribution in [3.05, 3.63) is 22.2 Å². The van der Waals surface area contributed by atoms with Crippen LogP contribution in [0.5, 0.6) is 0 Å². The van der Waals surface area contributed by atoms with E-state index < -0.39 is 5.69 Å². The number of aromatic nitrogens is 2. The quantitative estimate of drug-likeness (QED) is 0.510. The van der Waals surface area contributed by atoms with E-state index in [-0.39, 0.29) is 11.4 Å². The number of rotatable bonds is 1. The molecule has 0 amide bonds. The van der Waals surface area contributed by atoms with Gasteiger partial charge in [-0.1, -0.05) is 0 Å². The molecule has 0 aliphatic carbocycles. The summed E-state index contributed by atoms with van der Waals surface area (Å²) in [6.45, 7) is 0. The molecule has 1 radical (unpaired) electrons. The van der Waals surface area contributed by atoms with Crippen molar-refractivity contribution in [1.29, 1.82) is 0 Å². The Labute approximate surface area is 55.9 Å². The van der Waals surface area contributed by atoms with Crippen LogP contribution in [0.4, 0.5) is 5.82 Å². The zero-order valence-electron chi connectivity index (χ0n) is 4.92. The summed E-state index contributed by atoms with van der Waals surface area (Å²) in [4.78, 5) is 25.8. The Hall–Kier alpha value is -1.65.